The van der Waals surface area contributed by atoms with E-state index in [4.69, 9.17) is 27.4 Å². The fraction of sp³-hybridized carbons (Fsp3) is 0.467. The molecule has 0 aliphatic heterocycles. The van der Waals surface area contributed by atoms with Gasteiger partial charge < -0.3 is 25.8 Å². The van der Waals surface area contributed by atoms with Crippen LogP contribution < -0.4 is 21.1 Å². The summed E-state index contributed by atoms with van der Waals surface area (Å²) in [5, 5.41) is 5.73. The molecule has 0 aliphatic carbocycles. The number of carbonyl (C=O) groups excluding carboxylic acids is 1. The average molecular weight is 325 g/mol. The van der Waals surface area contributed by atoms with Crippen LogP contribution in [0, 0.1) is 0 Å². The Balaban J connectivity index is 2.80. The highest BCUT2D eigenvalue weighted by atomic mass is 32.1. The van der Waals surface area contributed by atoms with E-state index in [1.54, 1.807) is 12.1 Å². The summed E-state index contributed by atoms with van der Waals surface area (Å²) in [7, 11) is 0. The first kappa shape index (κ1) is 18.0. The van der Waals surface area contributed by atoms with Gasteiger partial charge in [0.05, 0.1) is 6.61 Å². The van der Waals surface area contributed by atoms with Crippen LogP contribution >= 0.6 is 12.2 Å². The van der Waals surface area contributed by atoms with E-state index in [2.05, 4.69) is 10.6 Å². The van der Waals surface area contributed by atoms with Crippen molar-refractivity contribution in [2.75, 3.05) is 11.9 Å². The van der Waals surface area contributed by atoms with E-state index in [-0.39, 0.29) is 11.7 Å². The topological polar surface area (TPSA) is 85.6 Å². The zero-order valence-electron chi connectivity index (χ0n) is 13.4. The maximum Gasteiger partial charge on any atom is 0.407 e. The van der Waals surface area contributed by atoms with Crippen molar-refractivity contribution in [3.05, 3.63) is 23.8 Å². The van der Waals surface area contributed by atoms with Gasteiger partial charge in [0.25, 0.3) is 0 Å². The predicted octanol–water partition coefficient (Wildman–Crippen LogP) is 2.77. The number of hydrogen-bond donors (Lipinski definition) is 3. The predicted molar refractivity (Wildman–Crippen MR) is 91.1 cm³/mol. The van der Waals surface area contributed by atoms with Crippen molar-refractivity contribution >= 4 is 29.1 Å². The van der Waals surface area contributed by atoms with Crippen LogP contribution in [0.1, 0.15) is 33.3 Å². The molecule has 0 bridgehead atoms. The number of alkyl carbamates (subject to hydrolysis) is 1. The monoisotopic (exact) mass is 325 g/mol. The lowest BCUT2D eigenvalue weighted by atomic mass is 10.1. The molecule has 0 aromatic heterocycles. The largest absolute Gasteiger partial charge is 0.494 e. The van der Waals surface area contributed by atoms with Crippen molar-refractivity contribution in [1.29, 1.82) is 0 Å². The number of nitrogens with two attached hydrogens (primary N) is 1. The summed E-state index contributed by atoms with van der Waals surface area (Å²) < 4.78 is 10.8. The van der Waals surface area contributed by atoms with Crippen molar-refractivity contribution in [3.8, 4) is 5.75 Å². The molecule has 0 saturated heterocycles. The molecule has 1 aromatic rings. The van der Waals surface area contributed by atoms with Gasteiger partial charge in [-0.1, -0.05) is 0 Å². The highest BCUT2D eigenvalue weighted by molar-refractivity contribution is 7.80. The molecule has 0 atom stereocenters. The van der Waals surface area contributed by atoms with Gasteiger partial charge in [0.2, 0.25) is 0 Å². The smallest absolute Gasteiger partial charge is 0.407 e. The molecular formula is C15H23N3O3S. The summed E-state index contributed by atoms with van der Waals surface area (Å²) in [4.78, 5) is 11.7. The quantitative estimate of drug-likeness (QED) is 0.722. The molecule has 1 rings (SSSR count). The summed E-state index contributed by atoms with van der Waals surface area (Å²) in [5.74, 6) is 0.687. The molecule has 1 amide bonds. The van der Waals surface area contributed by atoms with Gasteiger partial charge in [-0.2, -0.15) is 0 Å². The Morgan fingerprint density at radius 2 is 2.05 bits per heavy atom. The summed E-state index contributed by atoms with van der Waals surface area (Å²) in [5.41, 5.74) is 6.46. The fourth-order valence-electron chi connectivity index (χ4n) is 1.72. The van der Waals surface area contributed by atoms with Crippen LogP contribution in [0.25, 0.3) is 0 Å². The number of ether oxygens (including phenoxy) is 2. The zero-order chi connectivity index (χ0) is 16.8. The number of nitrogens with one attached hydrogen (secondary N) is 2. The maximum atomic E-state index is 11.7. The van der Waals surface area contributed by atoms with Gasteiger partial charge in [0.1, 0.15) is 11.4 Å². The number of benzene rings is 1. The molecule has 6 nitrogen and oxygen atoms in total. The second-order valence-electron chi connectivity index (χ2n) is 5.60. The molecule has 0 radical (unpaired) electrons. The molecule has 1 aromatic carbocycles. The van der Waals surface area contributed by atoms with Crippen molar-refractivity contribution in [2.45, 2.75) is 39.8 Å². The number of thiocarbonyl (C=S) groups is 1. The number of carbonyl (C=O) groups is 1. The lowest BCUT2D eigenvalue weighted by molar-refractivity contribution is 0.0523. The first-order valence-corrected chi connectivity index (χ1v) is 7.41. The molecule has 0 saturated carbocycles. The highest BCUT2D eigenvalue weighted by Crippen LogP contribution is 2.23. The van der Waals surface area contributed by atoms with E-state index in [9.17, 15) is 4.79 Å². The van der Waals surface area contributed by atoms with Gasteiger partial charge in [-0.15, -0.1) is 0 Å². The fourth-order valence-corrected chi connectivity index (χ4v) is 1.83. The molecule has 7 heteroatoms. The first-order chi connectivity index (χ1) is 10.2. The Labute approximate surface area is 136 Å². The molecule has 0 fully saturated rings. The minimum absolute atomic E-state index is 0.176. The average Bonchev–Trinajstić information content (AvgIpc) is 2.36. The maximum absolute atomic E-state index is 11.7. The summed E-state index contributed by atoms with van der Waals surface area (Å²) in [6.07, 6.45) is -0.484. The van der Waals surface area contributed by atoms with Crippen LogP contribution in [-0.4, -0.2) is 23.4 Å². The molecule has 0 unspecified atom stereocenters. The van der Waals surface area contributed by atoms with E-state index in [0.29, 0.717) is 12.4 Å². The van der Waals surface area contributed by atoms with Gasteiger partial charge in [0.15, 0.2) is 5.11 Å². The van der Waals surface area contributed by atoms with Crippen LogP contribution in [0.2, 0.25) is 0 Å². The molecule has 0 spiro atoms. The zero-order valence-corrected chi connectivity index (χ0v) is 14.2. The Morgan fingerprint density at radius 3 is 2.59 bits per heavy atom. The summed E-state index contributed by atoms with van der Waals surface area (Å²) in [6, 6.07) is 5.43. The third-order valence-electron chi connectivity index (χ3n) is 2.45. The molecule has 22 heavy (non-hydrogen) atoms. The summed E-state index contributed by atoms with van der Waals surface area (Å²) >= 11 is 4.82. The summed E-state index contributed by atoms with van der Waals surface area (Å²) in [6.45, 7) is 8.13. The van der Waals surface area contributed by atoms with Gasteiger partial charge >= 0.3 is 6.09 Å². The highest BCUT2D eigenvalue weighted by Gasteiger charge is 2.16. The minimum Gasteiger partial charge on any atom is -0.494 e. The standard InChI is InChI=1S/C15H23N3O3S/c1-5-20-12-7-6-11(18-13(16)22)8-10(12)9-17-14(19)21-15(2,3)4/h6-8H,5,9H2,1-4H3,(H,17,19)(H3,16,18,22). The van der Waals surface area contributed by atoms with Gasteiger partial charge in [-0.05, 0) is 58.1 Å². The first-order valence-electron chi connectivity index (χ1n) is 7.00. The van der Waals surface area contributed by atoms with Crippen LogP contribution in [-0.2, 0) is 11.3 Å². The van der Waals surface area contributed by atoms with Gasteiger partial charge in [-0.25, -0.2) is 4.79 Å². The third kappa shape index (κ3) is 6.62. The lowest BCUT2D eigenvalue weighted by Gasteiger charge is -2.20. The van der Waals surface area contributed by atoms with Crippen LogP contribution in [0.4, 0.5) is 10.5 Å². The van der Waals surface area contributed by atoms with Crippen molar-refractivity contribution < 1.29 is 14.3 Å². The molecule has 4 N–H and O–H groups in total. The van der Waals surface area contributed by atoms with E-state index >= 15 is 0 Å². The van der Waals surface area contributed by atoms with Gasteiger partial charge in [0, 0.05) is 17.8 Å². The second-order valence-corrected chi connectivity index (χ2v) is 6.04. The third-order valence-corrected chi connectivity index (χ3v) is 2.55. The molecule has 0 heterocycles. The number of rotatable bonds is 5. The second kappa shape index (κ2) is 7.84. The van der Waals surface area contributed by atoms with Crippen LogP contribution in [0.5, 0.6) is 5.75 Å². The normalized spacial score (nSPS) is 10.7. The minimum atomic E-state index is -0.540. The van der Waals surface area contributed by atoms with Crippen molar-refractivity contribution in [3.63, 3.8) is 0 Å². The van der Waals surface area contributed by atoms with Crippen molar-refractivity contribution in [2.24, 2.45) is 5.73 Å². The molecule has 0 aliphatic rings. The molecular weight excluding hydrogens is 302 g/mol. The Morgan fingerprint density at radius 1 is 1.36 bits per heavy atom. The van der Waals surface area contributed by atoms with Crippen molar-refractivity contribution in [1.82, 2.24) is 5.32 Å². The van der Waals surface area contributed by atoms with E-state index < -0.39 is 11.7 Å². The Bertz CT molecular complexity index is 541. The molecule has 122 valence electrons. The SMILES string of the molecule is CCOc1ccc(NC(N)=S)cc1CNC(=O)OC(C)(C)C. The van der Waals surface area contributed by atoms with E-state index in [0.717, 1.165) is 11.3 Å². The van der Waals surface area contributed by atoms with E-state index in [1.165, 1.54) is 0 Å². The van der Waals surface area contributed by atoms with E-state index in [1.807, 2.05) is 33.8 Å². The number of amides is 1. The van der Waals surface area contributed by atoms with Gasteiger partial charge in [-0.3, -0.25) is 0 Å². The van der Waals surface area contributed by atoms with Crippen LogP contribution in [0.15, 0.2) is 18.2 Å². The number of anilines is 1. The number of hydrogen-bond acceptors (Lipinski definition) is 4. The Kier molecular flexibility index (Phi) is 6.42. The Hall–Kier alpha value is -2.02. The van der Waals surface area contributed by atoms with Crippen LogP contribution in [0.3, 0.4) is 0 Å². The lowest BCUT2D eigenvalue weighted by Crippen LogP contribution is -2.32.